The molecule has 0 saturated carbocycles. The van der Waals surface area contributed by atoms with Crippen molar-refractivity contribution in [3.63, 3.8) is 0 Å². The topological polar surface area (TPSA) is 79.3 Å². The highest BCUT2D eigenvalue weighted by Crippen LogP contribution is 2.41. The number of benzene rings is 4. The van der Waals surface area contributed by atoms with Gasteiger partial charge in [-0.3, -0.25) is 9.59 Å². The van der Waals surface area contributed by atoms with E-state index in [2.05, 4.69) is 12.1 Å². The Balaban J connectivity index is 1.18. The zero-order valence-electron chi connectivity index (χ0n) is 24.0. The number of rotatable bonds is 9. The highest BCUT2D eigenvalue weighted by molar-refractivity contribution is 6.11. The largest absolute Gasteiger partial charge is 0.508 e. The molecule has 0 saturated heterocycles. The van der Waals surface area contributed by atoms with Crippen LogP contribution in [0.25, 0.3) is 0 Å². The van der Waals surface area contributed by atoms with Crippen LogP contribution in [0.1, 0.15) is 69.3 Å². The van der Waals surface area contributed by atoms with E-state index >= 15 is 0 Å². The van der Waals surface area contributed by atoms with Gasteiger partial charge in [-0.15, -0.1) is 0 Å². The average molecular weight is 563 g/mol. The molecule has 7 heteroatoms. The number of aromatic hydroxyl groups is 1. The Morgan fingerprint density at radius 2 is 1.69 bits per heavy atom. The molecule has 2 amide bonds. The van der Waals surface area contributed by atoms with Crippen molar-refractivity contribution in [1.82, 2.24) is 4.90 Å². The van der Waals surface area contributed by atoms with Gasteiger partial charge in [0.1, 0.15) is 5.75 Å². The van der Waals surface area contributed by atoms with Gasteiger partial charge in [-0.2, -0.15) is 0 Å². The Bertz CT molecular complexity index is 1650. The summed E-state index contributed by atoms with van der Waals surface area (Å²) in [5.74, 6) is 1.09. The number of phenolic OH excluding ortho intramolecular Hbond substituents is 1. The molecule has 0 aliphatic carbocycles. The summed E-state index contributed by atoms with van der Waals surface area (Å²) < 4.78 is 11.9. The van der Waals surface area contributed by atoms with Crippen molar-refractivity contribution in [3.8, 4) is 17.2 Å². The van der Waals surface area contributed by atoms with E-state index in [1.807, 2.05) is 68.4 Å². The summed E-state index contributed by atoms with van der Waals surface area (Å²) in [7, 11) is 1.61. The van der Waals surface area contributed by atoms with E-state index in [-0.39, 0.29) is 29.7 Å². The van der Waals surface area contributed by atoms with E-state index in [4.69, 9.17) is 9.47 Å². The number of anilines is 1. The number of methoxy groups -OCH3 is 1. The van der Waals surface area contributed by atoms with Gasteiger partial charge < -0.3 is 24.4 Å². The van der Waals surface area contributed by atoms with Crippen LogP contribution in [0.4, 0.5) is 5.69 Å². The molecule has 0 bridgehead atoms. The number of amides is 2. The van der Waals surface area contributed by atoms with Crippen molar-refractivity contribution < 1.29 is 24.2 Å². The maximum absolute atomic E-state index is 13.8. The number of nitrogens with zero attached hydrogens (tertiary/aromatic N) is 2. The van der Waals surface area contributed by atoms with Crippen LogP contribution >= 0.6 is 0 Å². The van der Waals surface area contributed by atoms with Gasteiger partial charge in [0.2, 0.25) is 0 Å². The predicted molar refractivity (Wildman–Crippen MR) is 161 cm³/mol. The molecular weight excluding hydrogens is 528 g/mol. The number of phenols is 1. The van der Waals surface area contributed by atoms with E-state index < -0.39 is 0 Å². The van der Waals surface area contributed by atoms with Crippen LogP contribution in [-0.2, 0) is 19.5 Å². The van der Waals surface area contributed by atoms with Crippen LogP contribution < -0.4 is 14.4 Å². The lowest BCUT2D eigenvalue weighted by atomic mass is 10.0. The fraction of sp³-hybridized carbons (Fsp3) is 0.257. The van der Waals surface area contributed by atoms with Gasteiger partial charge in [-0.1, -0.05) is 48.5 Å². The second-order valence-electron chi connectivity index (χ2n) is 11.1. The molecule has 42 heavy (non-hydrogen) atoms. The maximum atomic E-state index is 13.8. The summed E-state index contributed by atoms with van der Waals surface area (Å²) >= 11 is 0. The summed E-state index contributed by atoms with van der Waals surface area (Å²) in [4.78, 5) is 30.2. The van der Waals surface area contributed by atoms with E-state index in [9.17, 15) is 14.7 Å². The molecule has 214 valence electrons. The number of aryl methyl sites for hydroxylation is 1. The van der Waals surface area contributed by atoms with Crippen molar-refractivity contribution in [3.05, 3.63) is 118 Å². The second-order valence-corrected chi connectivity index (χ2v) is 11.1. The summed E-state index contributed by atoms with van der Waals surface area (Å²) in [6, 6.07) is 26.5. The summed E-state index contributed by atoms with van der Waals surface area (Å²) in [5.41, 5.74) is 5.88. The third-order valence-electron chi connectivity index (χ3n) is 8.19. The van der Waals surface area contributed by atoms with Gasteiger partial charge in [0.25, 0.3) is 11.8 Å². The standard InChI is InChI=1S/C35H34N2O5/c1-22(9-10-24-7-5-4-6-8-24)42-33-18-27(13-16-32(33)41-3)37-23(2)29-15-11-25(17-31(29)35(37)40)20-36-21-26-12-14-28(38)19-30(26)34(36)39/h4-8,11-19,22-23,38H,9-10,20-21H2,1-3H3. The lowest BCUT2D eigenvalue weighted by Gasteiger charge is -2.24. The quantitative estimate of drug-likeness (QED) is 0.246. The molecule has 2 aliphatic heterocycles. The zero-order valence-corrected chi connectivity index (χ0v) is 24.0. The second kappa shape index (κ2) is 11.2. The Morgan fingerprint density at radius 1 is 0.881 bits per heavy atom. The highest BCUT2D eigenvalue weighted by Gasteiger charge is 2.36. The third kappa shape index (κ3) is 5.18. The van der Waals surface area contributed by atoms with Gasteiger partial charge in [-0.25, -0.2) is 0 Å². The van der Waals surface area contributed by atoms with Crippen LogP contribution in [0.5, 0.6) is 17.2 Å². The number of fused-ring (bicyclic) bond motifs is 2. The summed E-state index contributed by atoms with van der Waals surface area (Å²) in [5, 5.41) is 9.80. The first-order chi connectivity index (χ1) is 20.3. The molecule has 0 aromatic heterocycles. The molecule has 4 aromatic carbocycles. The summed E-state index contributed by atoms with van der Waals surface area (Å²) in [6.45, 7) is 4.91. The van der Waals surface area contributed by atoms with Crippen molar-refractivity contribution in [2.45, 2.75) is 51.9 Å². The van der Waals surface area contributed by atoms with Gasteiger partial charge in [-0.05, 0) is 79.3 Å². The minimum Gasteiger partial charge on any atom is -0.508 e. The monoisotopic (exact) mass is 562 g/mol. The lowest BCUT2D eigenvalue weighted by Crippen LogP contribution is -2.26. The smallest absolute Gasteiger partial charge is 0.259 e. The Labute approximate surface area is 245 Å². The molecule has 2 aliphatic rings. The first-order valence-corrected chi connectivity index (χ1v) is 14.3. The molecule has 1 N–H and O–H groups in total. The van der Waals surface area contributed by atoms with E-state index in [1.54, 1.807) is 29.0 Å². The van der Waals surface area contributed by atoms with Crippen LogP contribution in [-0.4, -0.2) is 35.0 Å². The van der Waals surface area contributed by atoms with Gasteiger partial charge in [0.05, 0.1) is 19.3 Å². The SMILES string of the molecule is COc1ccc(N2C(=O)c3cc(CN4Cc5ccc(O)cc5C4=O)ccc3C2C)cc1OC(C)CCc1ccccc1. The van der Waals surface area contributed by atoms with Gasteiger partial charge in [0.15, 0.2) is 11.5 Å². The van der Waals surface area contributed by atoms with Crippen molar-refractivity contribution in [1.29, 1.82) is 0 Å². The lowest BCUT2D eigenvalue weighted by molar-refractivity contribution is 0.0766. The molecule has 6 rings (SSSR count). The van der Waals surface area contributed by atoms with E-state index in [1.165, 1.54) is 11.6 Å². The van der Waals surface area contributed by atoms with Crippen LogP contribution in [0.2, 0.25) is 0 Å². The van der Waals surface area contributed by atoms with E-state index in [0.29, 0.717) is 35.7 Å². The molecule has 0 spiro atoms. The zero-order chi connectivity index (χ0) is 29.4. The number of ether oxygens (including phenoxy) is 2. The van der Waals surface area contributed by atoms with Crippen LogP contribution in [0.15, 0.2) is 84.9 Å². The van der Waals surface area contributed by atoms with Crippen LogP contribution in [0, 0.1) is 0 Å². The molecule has 2 atom stereocenters. The molecule has 0 fully saturated rings. The fourth-order valence-corrected chi connectivity index (χ4v) is 5.93. The Hall–Kier alpha value is -4.78. The number of hydrogen-bond acceptors (Lipinski definition) is 5. The first kappa shape index (κ1) is 27.4. The minimum atomic E-state index is -0.168. The summed E-state index contributed by atoms with van der Waals surface area (Å²) in [6.07, 6.45) is 1.70. The Morgan fingerprint density at radius 3 is 2.48 bits per heavy atom. The Kier molecular flexibility index (Phi) is 7.33. The van der Waals surface area contributed by atoms with E-state index in [0.717, 1.165) is 35.2 Å². The third-order valence-corrected chi connectivity index (χ3v) is 8.19. The number of hydrogen-bond donors (Lipinski definition) is 1. The molecular formula is C35H34N2O5. The molecule has 2 heterocycles. The predicted octanol–water partition coefficient (Wildman–Crippen LogP) is 6.68. The molecule has 0 radical (unpaired) electrons. The van der Waals surface area contributed by atoms with Crippen molar-refractivity contribution in [2.24, 2.45) is 0 Å². The van der Waals surface area contributed by atoms with Crippen molar-refractivity contribution >= 4 is 17.5 Å². The molecule has 4 aromatic rings. The fourth-order valence-electron chi connectivity index (χ4n) is 5.93. The number of carbonyl (C=O) groups is 2. The van der Waals surface area contributed by atoms with Crippen molar-refractivity contribution in [2.75, 3.05) is 12.0 Å². The first-order valence-electron chi connectivity index (χ1n) is 14.3. The van der Waals surface area contributed by atoms with Crippen LogP contribution in [0.3, 0.4) is 0 Å². The average Bonchev–Trinajstić information content (AvgIpc) is 3.43. The minimum absolute atomic E-state index is 0.0517. The van der Waals surface area contributed by atoms with Gasteiger partial charge >= 0.3 is 0 Å². The number of carbonyl (C=O) groups excluding carboxylic acids is 2. The highest BCUT2D eigenvalue weighted by atomic mass is 16.5. The normalized spacial score (nSPS) is 16.4. The maximum Gasteiger partial charge on any atom is 0.259 e. The van der Waals surface area contributed by atoms with Gasteiger partial charge in [0, 0.05) is 36.0 Å². The molecule has 2 unspecified atom stereocenters. The molecule has 7 nitrogen and oxygen atoms in total.